The van der Waals surface area contributed by atoms with E-state index in [1.807, 2.05) is 19.9 Å². The van der Waals surface area contributed by atoms with Gasteiger partial charge in [-0.2, -0.15) is 0 Å². The average Bonchev–Trinajstić information content (AvgIpc) is 2.70. The maximum absolute atomic E-state index is 12.3. The van der Waals surface area contributed by atoms with E-state index in [4.69, 9.17) is 10.5 Å². The molecule has 4 N–H and O–H groups in total. The summed E-state index contributed by atoms with van der Waals surface area (Å²) in [7, 11) is 1.61. The molecule has 2 aromatic rings. The van der Waals surface area contributed by atoms with Crippen molar-refractivity contribution in [3.05, 3.63) is 30.0 Å². The first-order valence-electron chi connectivity index (χ1n) is 6.11. The third-order valence-corrected chi connectivity index (χ3v) is 2.91. The molecule has 0 fully saturated rings. The van der Waals surface area contributed by atoms with Gasteiger partial charge < -0.3 is 20.8 Å². The molecule has 0 radical (unpaired) electrons. The van der Waals surface area contributed by atoms with Gasteiger partial charge >= 0.3 is 0 Å². The van der Waals surface area contributed by atoms with E-state index in [2.05, 4.69) is 10.3 Å². The zero-order valence-electron chi connectivity index (χ0n) is 11.4. The predicted molar refractivity (Wildman–Crippen MR) is 76.1 cm³/mol. The molecule has 2 rings (SSSR count). The molecule has 1 heterocycles. The van der Waals surface area contributed by atoms with E-state index in [0.717, 1.165) is 10.9 Å². The first-order valence-corrected chi connectivity index (χ1v) is 6.11. The van der Waals surface area contributed by atoms with Crippen LogP contribution in [0.2, 0.25) is 0 Å². The zero-order valence-corrected chi connectivity index (χ0v) is 11.4. The second-order valence-electron chi connectivity index (χ2n) is 5.28. The quantitative estimate of drug-likeness (QED) is 0.735. The highest BCUT2D eigenvalue weighted by Crippen LogP contribution is 2.21. The first-order chi connectivity index (χ1) is 8.93. The minimum atomic E-state index is -0.421. The number of ether oxygens (including phenoxy) is 1. The highest BCUT2D eigenvalue weighted by Gasteiger charge is 2.22. The number of carbonyl (C=O) groups is 1. The average molecular weight is 261 g/mol. The van der Waals surface area contributed by atoms with Gasteiger partial charge in [0, 0.05) is 29.9 Å². The molecule has 0 bridgehead atoms. The number of hydrogen-bond donors (Lipinski definition) is 3. The summed E-state index contributed by atoms with van der Waals surface area (Å²) in [5.74, 6) is -0.140. The smallest absolute Gasteiger partial charge is 0.253 e. The Bertz CT molecular complexity index is 602. The SMILES string of the molecule is COCC(C)(C)NC(=O)c1c[nH]c2ccc(N)cc12. The minimum absolute atomic E-state index is 0.140. The molecule has 1 aromatic heterocycles. The van der Waals surface area contributed by atoms with Crippen LogP contribution in [-0.2, 0) is 4.74 Å². The molecule has 19 heavy (non-hydrogen) atoms. The van der Waals surface area contributed by atoms with Crippen molar-refractivity contribution in [1.29, 1.82) is 0 Å². The molecule has 5 heteroatoms. The Morgan fingerprint density at radius 3 is 2.89 bits per heavy atom. The molecule has 0 unspecified atom stereocenters. The largest absolute Gasteiger partial charge is 0.399 e. The summed E-state index contributed by atoms with van der Waals surface area (Å²) in [6, 6.07) is 5.46. The van der Waals surface area contributed by atoms with Gasteiger partial charge in [0.25, 0.3) is 5.91 Å². The number of H-pyrrole nitrogens is 1. The van der Waals surface area contributed by atoms with Crippen LogP contribution >= 0.6 is 0 Å². The van der Waals surface area contributed by atoms with Gasteiger partial charge in [-0.25, -0.2) is 0 Å². The number of aromatic nitrogens is 1. The van der Waals surface area contributed by atoms with E-state index in [-0.39, 0.29) is 5.91 Å². The van der Waals surface area contributed by atoms with Crippen LogP contribution in [0.15, 0.2) is 24.4 Å². The molecule has 1 aromatic carbocycles. The molecule has 1 amide bonds. The van der Waals surface area contributed by atoms with E-state index in [9.17, 15) is 4.79 Å². The molecule has 0 saturated carbocycles. The van der Waals surface area contributed by atoms with Crippen molar-refractivity contribution in [3.63, 3.8) is 0 Å². The summed E-state index contributed by atoms with van der Waals surface area (Å²) in [5.41, 5.74) is 7.46. The van der Waals surface area contributed by atoms with Gasteiger partial charge in [0.2, 0.25) is 0 Å². The van der Waals surface area contributed by atoms with Crippen molar-refractivity contribution in [2.75, 3.05) is 19.5 Å². The Labute approximate surface area is 112 Å². The normalized spacial score (nSPS) is 11.7. The number of aromatic amines is 1. The van der Waals surface area contributed by atoms with Crippen LogP contribution in [0, 0.1) is 0 Å². The Morgan fingerprint density at radius 1 is 1.47 bits per heavy atom. The first kappa shape index (κ1) is 13.4. The second kappa shape index (κ2) is 4.93. The van der Waals surface area contributed by atoms with Crippen molar-refractivity contribution in [1.82, 2.24) is 10.3 Å². The predicted octanol–water partition coefficient (Wildman–Crippen LogP) is 1.90. The minimum Gasteiger partial charge on any atom is -0.399 e. The number of hydrogen-bond acceptors (Lipinski definition) is 3. The number of methoxy groups -OCH3 is 1. The van der Waals surface area contributed by atoms with E-state index in [0.29, 0.717) is 17.9 Å². The number of carbonyl (C=O) groups excluding carboxylic acids is 1. The molecular formula is C14H19N3O2. The van der Waals surface area contributed by atoms with Crippen molar-refractivity contribution < 1.29 is 9.53 Å². The Balaban J connectivity index is 2.29. The van der Waals surface area contributed by atoms with Crippen molar-refractivity contribution in [2.45, 2.75) is 19.4 Å². The fourth-order valence-corrected chi connectivity index (χ4v) is 2.10. The van der Waals surface area contributed by atoms with Crippen molar-refractivity contribution in [2.24, 2.45) is 0 Å². The maximum Gasteiger partial charge on any atom is 0.253 e. The van der Waals surface area contributed by atoms with Crippen molar-refractivity contribution in [3.8, 4) is 0 Å². The Morgan fingerprint density at radius 2 is 2.21 bits per heavy atom. The summed E-state index contributed by atoms with van der Waals surface area (Å²) in [6.45, 7) is 4.28. The van der Waals surface area contributed by atoms with Crippen LogP contribution in [-0.4, -0.2) is 30.1 Å². The van der Waals surface area contributed by atoms with Gasteiger partial charge in [-0.05, 0) is 32.0 Å². The van der Waals surface area contributed by atoms with Crippen LogP contribution in [0.1, 0.15) is 24.2 Å². The number of anilines is 1. The van der Waals surface area contributed by atoms with Crippen LogP contribution in [0.4, 0.5) is 5.69 Å². The molecule has 0 aliphatic rings. The van der Waals surface area contributed by atoms with Crippen LogP contribution < -0.4 is 11.1 Å². The molecule has 0 aliphatic heterocycles. The number of nitrogens with one attached hydrogen (secondary N) is 2. The number of benzene rings is 1. The monoisotopic (exact) mass is 261 g/mol. The standard InChI is InChI=1S/C14H19N3O2/c1-14(2,8-19-3)17-13(18)11-7-16-12-5-4-9(15)6-10(11)12/h4-7,16H,8,15H2,1-3H3,(H,17,18). The van der Waals surface area contributed by atoms with Gasteiger partial charge in [0.1, 0.15) is 0 Å². The van der Waals surface area contributed by atoms with Crippen LogP contribution in [0.3, 0.4) is 0 Å². The van der Waals surface area contributed by atoms with Gasteiger partial charge in [0.05, 0.1) is 17.7 Å². The van der Waals surface area contributed by atoms with E-state index < -0.39 is 5.54 Å². The molecular weight excluding hydrogens is 242 g/mol. The number of nitrogens with two attached hydrogens (primary N) is 1. The molecule has 0 spiro atoms. The van der Waals surface area contributed by atoms with Crippen LogP contribution in [0.25, 0.3) is 10.9 Å². The Kier molecular flexibility index (Phi) is 3.48. The lowest BCUT2D eigenvalue weighted by molar-refractivity contribution is 0.0821. The lowest BCUT2D eigenvalue weighted by Gasteiger charge is -2.25. The lowest BCUT2D eigenvalue weighted by atomic mass is 10.1. The summed E-state index contributed by atoms with van der Waals surface area (Å²) in [5, 5.41) is 3.77. The van der Waals surface area contributed by atoms with Crippen molar-refractivity contribution >= 4 is 22.5 Å². The van der Waals surface area contributed by atoms with E-state index in [1.165, 1.54) is 0 Å². The zero-order chi connectivity index (χ0) is 14.0. The third-order valence-electron chi connectivity index (χ3n) is 2.91. The van der Waals surface area contributed by atoms with Gasteiger partial charge in [0.15, 0.2) is 0 Å². The summed E-state index contributed by atoms with van der Waals surface area (Å²) < 4.78 is 5.09. The highest BCUT2D eigenvalue weighted by atomic mass is 16.5. The number of rotatable bonds is 4. The highest BCUT2D eigenvalue weighted by molar-refractivity contribution is 6.07. The fourth-order valence-electron chi connectivity index (χ4n) is 2.10. The maximum atomic E-state index is 12.3. The summed E-state index contributed by atoms with van der Waals surface area (Å²) in [4.78, 5) is 15.4. The molecule has 0 atom stereocenters. The number of fused-ring (bicyclic) bond motifs is 1. The molecule has 0 saturated heterocycles. The topological polar surface area (TPSA) is 80.1 Å². The molecule has 102 valence electrons. The third kappa shape index (κ3) is 2.88. The summed E-state index contributed by atoms with van der Waals surface area (Å²) >= 11 is 0. The number of nitrogen functional groups attached to an aromatic ring is 1. The number of amides is 1. The van der Waals surface area contributed by atoms with Crippen LogP contribution in [0.5, 0.6) is 0 Å². The lowest BCUT2D eigenvalue weighted by Crippen LogP contribution is -2.46. The van der Waals surface area contributed by atoms with Gasteiger partial charge in [-0.3, -0.25) is 4.79 Å². The van der Waals surface area contributed by atoms with E-state index in [1.54, 1.807) is 25.4 Å². The van der Waals surface area contributed by atoms with E-state index >= 15 is 0 Å². The van der Waals surface area contributed by atoms with Gasteiger partial charge in [-0.1, -0.05) is 0 Å². The second-order valence-corrected chi connectivity index (χ2v) is 5.28. The van der Waals surface area contributed by atoms with Gasteiger partial charge in [-0.15, -0.1) is 0 Å². The molecule has 5 nitrogen and oxygen atoms in total. The Hall–Kier alpha value is -2.01. The molecule has 0 aliphatic carbocycles. The fraction of sp³-hybridized carbons (Fsp3) is 0.357. The summed E-state index contributed by atoms with van der Waals surface area (Å²) in [6.07, 6.45) is 1.70.